The van der Waals surface area contributed by atoms with Crippen molar-refractivity contribution >= 4 is 18.3 Å². The highest BCUT2D eigenvalue weighted by Crippen LogP contribution is 2.30. The Kier molecular flexibility index (Phi) is 7.41. The number of piperidine rings is 1. The molecule has 6 nitrogen and oxygen atoms in total. The summed E-state index contributed by atoms with van der Waals surface area (Å²) in [7, 11) is 0. The van der Waals surface area contributed by atoms with Gasteiger partial charge in [0, 0.05) is 18.9 Å². The van der Waals surface area contributed by atoms with Crippen LogP contribution in [-0.2, 0) is 10.3 Å². The molecule has 148 valence electrons. The fourth-order valence-corrected chi connectivity index (χ4v) is 3.66. The van der Waals surface area contributed by atoms with Crippen LogP contribution in [0.3, 0.4) is 0 Å². The lowest BCUT2D eigenvalue weighted by Gasteiger charge is -2.40. The fraction of sp³-hybridized carbons (Fsp3) is 0.500. The number of rotatable bonds is 6. The van der Waals surface area contributed by atoms with Crippen LogP contribution in [-0.4, -0.2) is 51.9 Å². The summed E-state index contributed by atoms with van der Waals surface area (Å²) < 4.78 is 1.80. The first-order valence-electron chi connectivity index (χ1n) is 9.31. The topological polar surface area (TPSA) is 70.4 Å². The van der Waals surface area contributed by atoms with Crippen molar-refractivity contribution in [3.05, 3.63) is 53.9 Å². The number of aliphatic hydroxyl groups is 1. The van der Waals surface area contributed by atoms with Crippen LogP contribution in [0.1, 0.15) is 37.0 Å². The quantitative estimate of drug-likeness (QED) is 0.791. The second-order valence-electron chi connectivity index (χ2n) is 7.00. The van der Waals surface area contributed by atoms with Crippen molar-refractivity contribution in [1.82, 2.24) is 20.0 Å². The van der Waals surface area contributed by atoms with Gasteiger partial charge in [0.15, 0.2) is 0 Å². The Hall–Kier alpha value is -1.89. The van der Waals surface area contributed by atoms with E-state index in [4.69, 9.17) is 0 Å². The Morgan fingerprint density at radius 2 is 2.00 bits per heavy atom. The number of carbonyl (C=O) groups is 1. The molecule has 2 aromatic rings. The number of amides is 1. The van der Waals surface area contributed by atoms with Gasteiger partial charge in [-0.2, -0.15) is 5.10 Å². The van der Waals surface area contributed by atoms with Crippen molar-refractivity contribution in [2.24, 2.45) is 0 Å². The summed E-state index contributed by atoms with van der Waals surface area (Å²) in [5.74, 6) is 0.0383. The third-order valence-corrected chi connectivity index (χ3v) is 5.30. The molecule has 3 rings (SSSR count). The Balaban J connectivity index is 0.00000261. The van der Waals surface area contributed by atoms with Crippen LogP contribution >= 0.6 is 12.4 Å². The lowest BCUT2D eigenvalue weighted by Crippen LogP contribution is -2.56. The van der Waals surface area contributed by atoms with Crippen molar-refractivity contribution in [2.75, 3.05) is 26.2 Å². The van der Waals surface area contributed by atoms with Crippen LogP contribution < -0.4 is 5.32 Å². The molecule has 2 heterocycles. The average molecular weight is 393 g/mol. The maximum absolute atomic E-state index is 13.5. The van der Waals surface area contributed by atoms with Gasteiger partial charge in [-0.05, 0) is 51.4 Å². The number of likely N-dealkylation sites (N-methyl/N-ethyl adjacent to an activating group) is 1. The van der Waals surface area contributed by atoms with Gasteiger partial charge in [-0.25, -0.2) is 0 Å². The average Bonchev–Trinajstić information content (AvgIpc) is 3.22. The zero-order chi connectivity index (χ0) is 18.6. The summed E-state index contributed by atoms with van der Waals surface area (Å²) in [4.78, 5) is 15.3. The highest BCUT2D eigenvalue weighted by molar-refractivity contribution is 5.85. The molecule has 27 heavy (non-hydrogen) atoms. The van der Waals surface area contributed by atoms with Crippen LogP contribution in [0.15, 0.2) is 42.7 Å². The molecule has 0 radical (unpaired) electrons. The number of nitrogens with one attached hydrogen (secondary N) is 1. The SMILES string of the molecule is CCN(CC(O)c1ccc(C)cc1)C(=O)C1(n2cccn2)CCNCC1.Cl. The number of carbonyl (C=O) groups excluding carboxylic acids is 1. The lowest BCUT2D eigenvalue weighted by molar-refractivity contribution is -0.144. The van der Waals surface area contributed by atoms with E-state index in [0.717, 1.165) is 24.2 Å². The molecule has 2 N–H and O–H groups in total. The fourth-order valence-electron chi connectivity index (χ4n) is 3.66. The van der Waals surface area contributed by atoms with Crippen LogP contribution in [0, 0.1) is 6.92 Å². The summed E-state index contributed by atoms with van der Waals surface area (Å²) in [6.45, 7) is 6.38. The van der Waals surface area contributed by atoms with Crippen molar-refractivity contribution < 1.29 is 9.90 Å². The van der Waals surface area contributed by atoms with Gasteiger partial charge in [0.2, 0.25) is 0 Å². The van der Waals surface area contributed by atoms with Gasteiger partial charge in [-0.15, -0.1) is 12.4 Å². The van der Waals surface area contributed by atoms with E-state index in [9.17, 15) is 9.90 Å². The molecule has 1 atom stereocenters. The van der Waals surface area contributed by atoms with E-state index in [1.165, 1.54) is 0 Å². The predicted octanol–water partition coefficient (Wildman–Crippen LogP) is 2.27. The molecular formula is C20H29ClN4O2. The molecule has 0 bridgehead atoms. The maximum atomic E-state index is 13.5. The minimum Gasteiger partial charge on any atom is -0.387 e. The van der Waals surface area contributed by atoms with Gasteiger partial charge in [0.05, 0.1) is 12.6 Å². The number of aliphatic hydroxyl groups excluding tert-OH is 1. The van der Waals surface area contributed by atoms with Gasteiger partial charge < -0.3 is 15.3 Å². The van der Waals surface area contributed by atoms with E-state index in [1.807, 2.05) is 50.4 Å². The van der Waals surface area contributed by atoms with E-state index < -0.39 is 11.6 Å². The molecular weight excluding hydrogens is 364 g/mol. The minimum absolute atomic E-state index is 0. The first-order valence-corrected chi connectivity index (χ1v) is 9.31. The van der Waals surface area contributed by atoms with Crippen molar-refractivity contribution in [3.8, 4) is 0 Å². The number of halogens is 1. The lowest BCUT2D eigenvalue weighted by atomic mass is 9.86. The molecule has 0 spiro atoms. The second kappa shape index (κ2) is 9.35. The van der Waals surface area contributed by atoms with Crippen molar-refractivity contribution in [1.29, 1.82) is 0 Å². The van der Waals surface area contributed by atoms with Gasteiger partial charge in [0.25, 0.3) is 5.91 Å². The molecule has 1 aliphatic heterocycles. The Morgan fingerprint density at radius 1 is 1.33 bits per heavy atom. The summed E-state index contributed by atoms with van der Waals surface area (Å²) in [5.41, 5.74) is 1.31. The molecule has 0 aliphatic carbocycles. The van der Waals surface area contributed by atoms with Gasteiger partial charge in [0.1, 0.15) is 5.54 Å². The molecule has 1 saturated heterocycles. The summed E-state index contributed by atoms with van der Waals surface area (Å²) in [5, 5.41) is 18.3. The van der Waals surface area contributed by atoms with Crippen LogP contribution in [0.25, 0.3) is 0 Å². The van der Waals surface area contributed by atoms with E-state index in [1.54, 1.807) is 15.8 Å². The molecule has 1 amide bonds. The number of hydrogen-bond donors (Lipinski definition) is 2. The van der Waals surface area contributed by atoms with Gasteiger partial charge >= 0.3 is 0 Å². The van der Waals surface area contributed by atoms with Crippen LogP contribution in [0.2, 0.25) is 0 Å². The second-order valence-corrected chi connectivity index (χ2v) is 7.00. The van der Waals surface area contributed by atoms with Crippen molar-refractivity contribution in [3.63, 3.8) is 0 Å². The van der Waals surface area contributed by atoms with E-state index in [0.29, 0.717) is 19.4 Å². The number of aryl methyl sites for hydroxylation is 1. The zero-order valence-electron chi connectivity index (χ0n) is 16.0. The number of nitrogens with zero attached hydrogens (tertiary/aromatic N) is 3. The third kappa shape index (κ3) is 4.51. The van der Waals surface area contributed by atoms with E-state index in [2.05, 4.69) is 10.4 Å². The normalized spacial score (nSPS) is 17.0. The molecule has 7 heteroatoms. The highest BCUT2D eigenvalue weighted by Gasteiger charge is 2.44. The standard InChI is InChI=1S/C20H28N4O2.ClH/c1-3-23(15-18(25)17-7-5-16(2)6-8-17)19(26)20(9-12-21-13-10-20)24-14-4-11-22-24;/h4-8,11,14,18,21,25H,3,9-10,12-13,15H2,1-2H3;1H. The first-order chi connectivity index (χ1) is 12.6. The molecule has 1 aliphatic rings. The molecule has 0 saturated carbocycles. The number of hydrogen-bond acceptors (Lipinski definition) is 4. The van der Waals surface area contributed by atoms with Gasteiger partial charge in [-0.3, -0.25) is 9.48 Å². The molecule has 1 aromatic heterocycles. The minimum atomic E-state index is -0.698. The first kappa shape index (κ1) is 21.4. The third-order valence-electron chi connectivity index (χ3n) is 5.30. The molecule has 1 unspecified atom stereocenters. The Labute approximate surface area is 167 Å². The Morgan fingerprint density at radius 3 is 2.56 bits per heavy atom. The van der Waals surface area contributed by atoms with Crippen LogP contribution in [0.4, 0.5) is 0 Å². The Bertz CT molecular complexity index is 712. The maximum Gasteiger partial charge on any atom is 0.250 e. The predicted molar refractivity (Wildman–Crippen MR) is 108 cm³/mol. The highest BCUT2D eigenvalue weighted by atomic mass is 35.5. The molecule has 1 aromatic carbocycles. The van der Waals surface area contributed by atoms with E-state index >= 15 is 0 Å². The smallest absolute Gasteiger partial charge is 0.250 e. The number of benzene rings is 1. The largest absolute Gasteiger partial charge is 0.387 e. The summed E-state index contributed by atoms with van der Waals surface area (Å²) >= 11 is 0. The van der Waals surface area contributed by atoms with E-state index in [-0.39, 0.29) is 24.9 Å². The molecule has 1 fully saturated rings. The monoisotopic (exact) mass is 392 g/mol. The number of aromatic nitrogens is 2. The van der Waals surface area contributed by atoms with Crippen LogP contribution in [0.5, 0.6) is 0 Å². The van der Waals surface area contributed by atoms with Gasteiger partial charge in [-0.1, -0.05) is 29.8 Å². The summed E-state index contributed by atoms with van der Waals surface area (Å²) in [6.07, 6.45) is 4.29. The van der Waals surface area contributed by atoms with Crippen molar-refractivity contribution in [2.45, 2.75) is 38.3 Å². The summed E-state index contributed by atoms with van der Waals surface area (Å²) in [6, 6.07) is 9.66. The zero-order valence-corrected chi connectivity index (χ0v) is 16.8.